The van der Waals surface area contributed by atoms with Crippen LogP contribution in [0.3, 0.4) is 0 Å². The lowest BCUT2D eigenvalue weighted by Crippen LogP contribution is -2.47. The first-order chi connectivity index (χ1) is 7.93. The highest BCUT2D eigenvalue weighted by molar-refractivity contribution is 9.10. The number of nitrogens with zero attached hydrogens (tertiary/aromatic N) is 1. The van der Waals surface area contributed by atoms with E-state index in [0.717, 1.165) is 30.4 Å². The summed E-state index contributed by atoms with van der Waals surface area (Å²) in [5.41, 5.74) is -0.690. The number of hydrogen-bond acceptors (Lipinski definition) is 3. The minimum Gasteiger partial charge on any atom is -0.480 e. The van der Waals surface area contributed by atoms with Gasteiger partial charge >= 0.3 is 5.97 Å². The number of likely N-dealkylation sites (tertiary alicyclic amines) is 1. The number of rotatable bonds is 3. The molecule has 94 valence electrons. The first-order valence-electron chi connectivity index (χ1n) is 5.67. The average molecular weight is 318 g/mol. The quantitative estimate of drug-likeness (QED) is 0.930. The standard InChI is InChI=1S/C12H16BrNO2S/c1-8-10(13)6-9(17-8)7-14-5-3-4-12(14,2)11(15)16/h6H,3-5,7H2,1-2H3,(H,15,16). The predicted octanol–water partition coefficient (Wildman–Crippen LogP) is 3.26. The van der Waals surface area contributed by atoms with Gasteiger partial charge in [0.25, 0.3) is 0 Å². The molecule has 1 N–H and O–H groups in total. The molecule has 1 aromatic heterocycles. The van der Waals surface area contributed by atoms with E-state index in [1.807, 2.05) is 6.92 Å². The van der Waals surface area contributed by atoms with Crippen LogP contribution >= 0.6 is 27.3 Å². The zero-order valence-corrected chi connectivity index (χ0v) is 12.4. The second-order valence-corrected chi connectivity index (χ2v) is 6.92. The second kappa shape index (κ2) is 4.71. The molecule has 3 nitrogen and oxygen atoms in total. The first-order valence-corrected chi connectivity index (χ1v) is 7.27. The molecule has 1 aliphatic heterocycles. The summed E-state index contributed by atoms with van der Waals surface area (Å²) in [7, 11) is 0. The van der Waals surface area contributed by atoms with Crippen molar-refractivity contribution in [1.29, 1.82) is 0 Å². The van der Waals surface area contributed by atoms with Gasteiger partial charge in [-0.05, 0) is 55.2 Å². The van der Waals surface area contributed by atoms with Crippen LogP contribution in [0.15, 0.2) is 10.5 Å². The van der Waals surface area contributed by atoms with Gasteiger partial charge < -0.3 is 5.11 Å². The van der Waals surface area contributed by atoms with E-state index in [2.05, 4.69) is 33.8 Å². The monoisotopic (exact) mass is 317 g/mol. The number of halogens is 1. The number of hydrogen-bond donors (Lipinski definition) is 1. The maximum absolute atomic E-state index is 11.3. The van der Waals surface area contributed by atoms with E-state index in [0.29, 0.717) is 0 Å². The fraction of sp³-hybridized carbons (Fsp3) is 0.583. The molecule has 0 aliphatic carbocycles. The lowest BCUT2D eigenvalue weighted by Gasteiger charge is -2.30. The molecule has 1 aliphatic rings. The van der Waals surface area contributed by atoms with E-state index < -0.39 is 11.5 Å². The number of carbonyl (C=O) groups is 1. The Labute approximate surface area is 114 Å². The highest BCUT2D eigenvalue weighted by Gasteiger charge is 2.43. The van der Waals surface area contributed by atoms with Gasteiger partial charge in [0.2, 0.25) is 0 Å². The molecule has 1 atom stereocenters. The Morgan fingerprint density at radius 1 is 1.71 bits per heavy atom. The van der Waals surface area contributed by atoms with Crippen molar-refractivity contribution in [2.24, 2.45) is 0 Å². The zero-order chi connectivity index (χ0) is 12.6. The third-order valence-corrected chi connectivity index (χ3v) is 5.63. The Balaban J connectivity index is 2.16. The predicted molar refractivity (Wildman–Crippen MR) is 72.4 cm³/mol. The Hall–Kier alpha value is -0.390. The third-order valence-electron chi connectivity index (χ3n) is 3.51. The third kappa shape index (κ3) is 2.41. The van der Waals surface area contributed by atoms with E-state index >= 15 is 0 Å². The van der Waals surface area contributed by atoms with Crippen LogP contribution in [0.4, 0.5) is 0 Å². The fourth-order valence-electron chi connectivity index (χ4n) is 2.30. The average Bonchev–Trinajstić information content (AvgIpc) is 2.74. The summed E-state index contributed by atoms with van der Waals surface area (Å²) in [5.74, 6) is -0.706. The summed E-state index contributed by atoms with van der Waals surface area (Å²) in [6, 6.07) is 2.10. The van der Waals surface area contributed by atoms with Crippen molar-refractivity contribution in [3.63, 3.8) is 0 Å². The van der Waals surface area contributed by atoms with Crippen molar-refractivity contribution in [3.05, 3.63) is 20.3 Å². The molecule has 2 heterocycles. The SMILES string of the molecule is Cc1sc(CN2CCCC2(C)C(=O)O)cc1Br. The van der Waals surface area contributed by atoms with Gasteiger partial charge in [0, 0.05) is 20.8 Å². The highest BCUT2D eigenvalue weighted by Crippen LogP contribution is 2.34. The Bertz CT molecular complexity index is 426. The molecule has 1 aromatic rings. The lowest BCUT2D eigenvalue weighted by atomic mass is 9.99. The minimum absolute atomic E-state index is 0.690. The summed E-state index contributed by atoms with van der Waals surface area (Å²) >= 11 is 5.23. The van der Waals surface area contributed by atoms with E-state index in [1.54, 1.807) is 11.3 Å². The summed E-state index contributed by atoms with van der Waals surface area (Å²) in [6.45, 7) is 5.51. The molecule has 5 heteroatoms. The zero-order valence-electron chi connectivity index (χ0n) is 9.99. The van der Waals surface area contributed by atoms with Gasteiger partial charge in [-0.3, -0.25) is 9.69 Å². The topological polar surface area (TPSA) is 40.5 Å². The van der Waals surface area contributed by atoms with Gasteiger partial charge in [-0.25, -0.2) is 0 Å². The van der Waals surface area contributed by atoms with E-state index in [4.69, 9.17) is 0 Å². The molecule has 0 bridgehead atoms. The summed E-state index contributed by atoms with van der Waals surface area (Å²) in [4.78, 5) is 15.9. The van der Waals surface area contributed by atoms with Crippen molar-refractivity contribution in [2.75, 3.05) is 6.54 Å². The van der Waals surface area contributed by atoms with E-state index in [1.165, 1.54) is 9.75 Å². The Kier molecular flexibility index (Phi) is 3.61. The molecule has 17 heavy (non-hydrogen) atoms. The molecular weight excluding hydrogens is 302 g/mol. The van der Waals surface area contributed by atoms with Crippen molar-refractivity contribution in [3.8, 4) is 0 Å². The second-order valence-electron chi connectivity index (χ2n) is 4.72. The van der Waals surface area contributed by atoms with Crippen LogP contribution in [0.2, 0.25) is 0 Å². The largest absolute Gasteiger partial charge is 0.480 e. The minimum atomic E-state index is -0.706. The van der Waals surface area contributed by atoms with Gasteiger partial charge in [-0.2, -0.15) is 0 Å². The number of carboxylic acid groups (broad SMARTS) is 1. The summed E-state index contributed by atoms with van der Waals surface area (Å²) < 4.78 is 1.12. The molecule has 0 radical (unpaired) electrons. The first kappa shape index (κ1) is 13.1. The van der Waals surface area contributed by atoms with Gasteiger partial charge in [0.1, 0.15) is 5.54 Å². The van der Waals surface area contributed by atoms with Crippen LogP contribution in [-0.2, 0) is 11.3 Å². The summed E-state index contributed by atoms with van der Waals surface area (Å²) in [5, 5.41) is 9.33. The normalized spacial score (nSPS) is 25.4. The fourth-order valence-corrected chi connectivity index (χ4v) is 3.92. The number of aryl methyl sites for hydroxylation is 1. The van der Waals surface area contributed by atoms with E-state index in [9.17, 15) is 9.90 Å². The van der Waals surface area contributed by atoms with Crippen molar-refractivity contribution < 1.29 is 9.90 Å². The molecular formula is C12H16BrNO2S. The van der Waals surface area contributed by atoms with Gasteiger partial charge in [-0.1, -0.05) is 0 Å². The van der Waals surface area contributed by atoms with Crippen LogP contribution in [0.25, 0.3) is 0 Å². The van der Waals surface area contributed by atoms with Crippen molar-refractivity contribution in [2.45, 2.75) is 38.8 Å². The van der Waals surface area contributed by atoms with Crippen LogP contribution in [0.1, 0.15) is 29.5 Å². The highest BCUT2D eigenvalue weighted by atomic mass is 79.9. The van der Waals surface area contributed by atoms with Crippen LogP contribution in [-0.4, -0.2) is 28.1 Å². The van der Waals surface area contributed by atoms with E-state index in [-0.39, 0.29) is 0 Å². The molecule has 1 saturated heterocycles. The van der Waals surface area contributed by atoms with Crippen LogP contribution < -0.4 is 0 Å². The number of thiophene rings is 1. The molecule has 0 aromatic carbocycles. The van der Waals surface area contributed by atoms with Gasteiger partial charge in [0.15, 0.2) is 0 Å². The van der Waals surface area contributed by atoms with Crippen molar-refractivity contribution in [1.82, 2.24) is 4.90 Å². The summed E-state index contributed by atoms with van der Waals surface area (Å²) in [6.07, 6.45) is 1.71. The van der Waals surface area contributed by atoms with Crippen molar-refractivity contribution >= 4 is 33.2 Å². The molecule has 0 spiro atoms. The molecule has 2 rings (SSSR count). The molecule has 1 unspecified atom stereocenters. The van der Waals surface area contributed by atoms with Crippen LogP contribution in [0, 0.1) is 6.92 Å². The maximum atomic E-state index is 11.3. The van der Waals surface area contributed by atoms with Gasteiger partial charge in [0.05, 0.1) is 0 Å². The Morgan fingerprint density at radius 3 is 2.94 bits per heavy atom. The number of aliphatic carboxylic acids is 1. The lowest BCUT2D eigenvalue weighted by molar-refractivity contribution is -0.148. The molecule has 0 amide bonds. The van der Waals surface area contributed by atoms with Gasteiger partial charge in [-0.15, -0.1) is 11.3 Å². The molecule has 0 saturated carbocycles. The van der Waals surface area contributed by atoms with Crippen LogP contribution in [0.5, 0.6) is 0 Å². The smallest absolute Gasteiger partial charge is 0.323 e. The maximum Gasteiger partial charge on any atom is 0.323 e. The number of carboxylic acids is 1. The Morgan fingerprint density at radius 2 is 2.41 bits per heavy atom. The molecule has 1 fully saturated rings.